The second-order valence-electron chi connectivity index (χ2n) is 9.81. The summed E-state index contributed by atoms with van der Waals surface area (Å²) < 4.78 is 0. The van der Waals surface area contributed by atoms with Crippen molar-refractivity contribution in [2.45, 2.75) is 72.6 Å². The third-order valence-corrected chi connectivity index (χ3v) is 8.74. The van der Waals surface area contributed by atoms with Gasteiger partial charge in [0.15, 0.2) is 5.78 Å². The lowest BCUT2D eigenvalue weighted by atomic mass is 9.46. The van der Waals surface area contributed by atoms with Gasteiger partial charge in [-0.15, -0.1) is 0 Å². The van der Waals surface area contributed by atoms with Crippen LogP contribution < -0.4 is 0 Å². The normalized spacial score (nSPS) is 50.6. The van der Waals surface area contributed by atoms with E-state index in [1.54, 1.807) is 0 Å². The maximum absolute atomic E-state index is 12.4. The molecule has 0 aliphatic heterocycles. The summed E-state index contributed by atoms with van der Waals surface area (Å²) in [5, 5.41) is 0. The molecule has 7 atom stereocenters. The van der Waals surface area contributed by atoms with Gasteiger partial charge in [-0.05, 0) is 86.0 Å². The van der Waals surface area contributed by atoms with Gasteiger partial charge < -0.3 is 0 Å². The largest absolute Gasteiger partial charge is 0.300 e. The number of carbonyl (C=O) groups excluding carboxylic acids is 2. The highest BCUT2D eigenvalue weighted by molar-refractivity contribution is 5.91. The van der Waals surface area contributed by atoms with Crippen molar-refractivity contribution in [2.75, 3.05) is 0 Å². The second kappa shape index (κ2) is 5.29. The smallest absolute Gasteiger partial charge is 0.155 e. The number of hydrogen-bond donors (Lipinski definition) is 0. The number of Topliss-reactive ketones (excluding diaryl/α,β-unsaturated/α-hetero) is 1. The number of allylic oxidation sites excluding steroid dienone is 1. The van der Waals surface area contributed by atoms with E-state index in [1.165, 1.54) is 31.3 Å². The van der Waals surface area contributed by atoms with Crippen LogP contribution in [0.3, 0.4) is 0 Å². The van der Waals surface area contributed by atoms with Crippen molar-refractivity contribution in [1.29, 1.82) is 0 Å². The van der Waals surface area contributed by atoms with Crippen LogP contribution in [0.4, 0.5) is 0 Å². The number of rotatable bonds is 1. The summed E-state index contributed by atoms with van der Waals surface area (Å²) in [6.45, 7) is 8.98. The van der Waals surface area contributed by atoms with Crippen molar-refractivity contribution in [2.24, 2.45) is 40.4 Å². The summed E-state index contributed by atoms with van der Waals surface area (Å²) in [5.74, 6) is 3.74. The topological polar surface area (TPSA) is 34.1 Å². The number of ketones is 2. The van der Waals surface area contributed by atoms with Gasteiger partial charge >= 0.3 is 0 Å². The highest BCUT2D eigenvalue weighted by Gasteiger charge is 2.61. The molecule has 0 bridgehead atoms. The van der Waals surface area contributed by atoms with E-state index in [0.717, 1.165) is 31.1 Å². The van der Waals surface area contributed by atoms with Gasteiger partial charge in [0.25, 0.3) is 0 Å². The minimum atomic E-state index is 0.217. The quantitative estimate of drug-likeness (QED) is 0.681. The van der Waals surface area contributed by atoms with Gasteiger partial charge in [0, 0.05) is 12.3 Å². The second-order valence-corrected chi connectivity index (χ2v) is 9.81. The molecule has 0 aromatic rings. The molecule has 0 spiro atoms. The van der Waals surface area contributed by atoms with Gasteiger partial charge in [-0.1, -0.05) is 26.3 Å². The van der Waals surface area contributed by atoms with Crippen LogP contribution in [0.25, 0.3) is 0 Å². The Morgan fingerprint density at radius 3 is 2.58 bits per heavy atom. The first-order valence-corrected chi connectivity index (χ1v) is 10.0. The van der Waals surface area contributed by atoms with Crippen molar-refractivity contribution in [3.8, 4) is 0 Å². The molecule has 3 fully saturated rings. The molecule has 132 valence electrons. The van der Waals surface area contributed by atoms with E-state index in [2.05, 4.69) is 20.8 Å². The highest BCUT2D eigenvalue weighted by atomic mass is 16.1. The molecule has 0 N–H and O–H groups in total. The average Bonchev–Trinajstić information content (AvgIpc) is 2.78. The zero-order valence-corrected chi connectivity index (χ0v) is 15.7. The fourth-order valence-corrected chi connectivity index (χ4v) is 7.79. The van der Waals surface area contributed by atoms with Gasteiger partial charge in [0.2, 0.25) is 0 Å². The van der Waals surface area contributed by atoms with Crippen molar-refractivity contribution < 1.29 is 9.59 Å². The zero-order valence-electron chi connectivity index (χ0n) is 15.7. The SMILES string of the molecule is CC(=O)[C@@H]1[C@@H](C)C[C@@H]2[C@H]3CCC4=CC(=O)CC[C@@]4(C)[C@@H]3CC[C@]21C. The number of hydrogen-bond acceptors (Lipinski definition) is 2. The fraction of sp³-hybridized carbons (Fsp3) is 0.818. The molecule has 4 rings (SSSR count). The van der Waals surface area contributed by atoms with Crippen molar-refractivity contribution in [3.05, 3.63) is 11.6 Å². The van der Waals surface area contributed by atoms with Crippen LogP contribution in [0.5, 0.6) is 0 Å². The Morgan fingerprint density at radius 2 is 1.88 bits per heavy atom. The van der Waals surface area contributed by atoms with Crippen LogP contribution in [0, 0.1) is 40.4 Å². The van der Waals surface area contributed by atoms with Crippen molar-refractivity contribution >= 4 is 11.6 Å². The molecule has 0 aromatic carbocycles. The van der Waals surface area contributed by atoms with E-state index in [0.29, 0.717) is 23.4 Å². The van der Waals surface area contributed by atoms with Gasteiger partial charge in [0.1, 0.15) is 5.78 Å². The fourth-order valence-electron chi connectivity index (χ4n) is 7.79. The van der Waals surface area contributed by atoms with E-state index in [1.807, 2.05) is 13.0 Å². The summed E-state index contributed by atoms with van der Waals surface area (Å²) in [6, 6.07) is 0. The van der Waals surface area contributed by atoms with Gasteiger partial charge in [-0.3, -0.25) is 9.59 Å². The molecule has 4 aliphatic carbocycles. The first kappa shape index (κ1) is 16.5. The zero-order chi connectivity index (χ0) is 17.3. The van der Waals surface area contributed by atoms with Gasteiger partial charge in [-0.25, -0.2) is 0 Å². The Bertz CT molecular complexity index is 617. The lowest BCUT2D eigenvalue weighted by Crippen LogP contribution is -2.51. The lowest BCUT2D eigenvalue weighted by Gasteiger charge is -2.58. The third kappa shape index (κ3) is 2.07. The van der Waals surface area contributed by atoms with E-state index < -0.39 is 0 Å². The standard InChI is InChI=1S/C22H32O2/c1-13-11-19-17-6-5-15-12-16(24)7-9-21(15,3)18(17)8-10-22(19,4)20(13)14(2)23/h12-13,17-20H,5-11H2,1-4H3/t13-,17-,18+,19+,20-,21+,22+/m0/s1. The monoisotopic (exact) mass is 328 g/mol. The highest BCUT2D eigenvalue weighted by Crippen LogP contribution is 2.67. The summed E-state index contributed by atoms with van der Waals surface area (Å²) in [6.07, 6.45) is 9.79. The van der Waals surface area contributed by atoms with Crippen LogP contribution in [0.1, 0.15) is 72.6 Å². The molecular weight excluding hydrogens is 296 g/mol. The molecule has 0 radical (unpaired) electrons. The first-order valence-electron chi connectivity index (χ1n) is 10.0. The van der Waals surface area contributed by atoms with Gasteiger partial charge in [-0.2, -0.15) is 0 Å². The van der Waals surface area contributed by atoms with E-state index >= 15 is 0 Å². The molecule has 0 aromatic heterocycles. The van der Waals surface area contributed by atoms with Crippen molar-refractivity contribution in [1.82, 2.24) is 0 Å². The molecule has 2 nitrogen and oxygen atoms in total. The maximum Gasteiger partial charge on any atom is 0.155 e. The molecule has 4 aliphatic rings. The Hall–Kier alpha value is -0.920. The minimum Gasteiger partial charge on any atom is -0.300 e. The number of fused-ring (bicyclic) bond motifs is 5. The Labute approximate surface area is 146 Å². The van der Waals surface area contributed by atoms with Crippen LogP contribution in [0.2, 0.25) is 0 Å². The van der Waals surface area contributed by atoms with E-state index in [9.17, 15) is 9.59 Å². The van der Waals surface area contributed by atoms with Gasteiger partial charge in [0.05, 0.1) is 0 Å². The first-order chi connectivity index (χ1) is 11.3. The predicted molar refractivity (Wildman–Crippen MR) is 95.4 cm³/mol. The average molecular weight is 328 g/mol. The van der Waals surface area contributed by atoms with E-state index in [4.69, 9.17) is 0 Å². The summed E-state index contributed by atoms with van der Waals surface area (Å²) in [4.78, 5) is 24.3. The van der Waals surface area contributed by atoms with Crippen LogP contribution >= 0.6 is 0 Å². The van der Waals surface area contributed by atoms with E-state index in [-0.39, 0.29) is 16.7 Å². The Balaban J connectivity index is 1.69. The molecule has 3 saturated carbocycles. The molecule has 0 amide bonds. The predicted octanol–water partition coefficient (Wildman–Crippen LogP) is 4.97. The minimum absolute atomic E-state index is 0.217. The molecule has 24 heavy (non-hydrogen) atoms. The number of carbonyl (C=O) groups is 2. The molecular formula is C22H32O2. The van der Waals surface area contributed by atoms with Crippen molar-refractivity contribution in [3.63, 3.8) is 0 Å². The maximum atomic E-state index is 12.4. The van der Waals surface area contributed by atoms with Crippen LogP contribution in [-0.2, 0) is 9.59 Å². The Morgan fingerprint density at radius 1 is 1.12 bits per heavy atom. The summed E-state index contributed by atoms with van der Waals surface area (Å²) >= 11 is 0. The summed E-state index contributed by atoms with van der Waals surface area (Å²) in [5.41, 5.74) is 1.90. The molecule has 2 heteroatoms. The molecule has 0 unspecified atom stereocenters. The van der Waals surface area contributed by atoms with Crippen LogP contribution in [0.15, 0.2) is 11.6 Å². The Kier molecular flexibility index (Phi) is 3.64. The molecule has 0 saturated heterocycles. The third-order valence-electron chi connectivity index (χ3n) is 8.74. The lowest BCUT2D eigenvalue weighted by molar-refractivity contribution is -0.129. The molecule has 0 heterocycles. The summed E-state index contributed by atoms with van der Waals surface area (Å²) in [7, 11) is 0. The van der Waals surface area contributed by atoms with Crippen LogP contribution in [-0.4, -0.2) is 11.6 Å².